The number of benzene rings is 1. The molecule has 1 aliphatic carbocycles. The van der Waals surface area contributed by atoms with E-state index in [9.17, 15) is 4.79 Å². The summed E-state index contributed by atoms with van der Waals surface area (Å²) in [7, 11) is 0. The van der Waals surface area contributed by atoms with Crippen molar-refractivity contribution in [3.05, 3.63) is 59.9 Å². The molecule has 2 heterocycles. The fourth-order valence-electron chi connectivity index (χ4n) is 4.40. The maximum absolute atomic E-state index is 12.5. The molecule has 29 heavy (non-hydrogen) atoms. The second-order valence-electron chi connectivity index (χ2n) is 8.31. The highest BCUT2D eigenvalue weighted by Crippen LogP contribution is 2.19. The predicted molar refractivity (Wildman–Crippen MR) is 117 cm³/mol. The first-order chi connectivity index (χ1) is 14.3. The third kappa shape index (κ3) is 5.57. The summed E-state index contributed by atoms with van der Waals surface area (Å²) < 4.78 is 0. The van der Waals surface area contributed by atoms with Gasteiger partial charge < -0.3 is 10.2 Å². The Morgan fingerprint density at radius 3 is 2.31 bits per heavy atom. The number of hydrogen-bond acceptors (Lipinski definition) is 4. The molecule has 1 saturated heterocycles. The molecule has 2 aromatic rings. The summed E-state index contributed by atoms with van der Waals surface area (Å²) in [6.07, 6.45) is 9.06. The van der Waals surface area contributed by atoms with Crippen LogP contribution in [0.15, 0.2) is 48.7 Å². The maximum atomic E-state index is 12.5. The number of carbonyl (C=O) groups excluding carboxylic acids is 1. The van der Waals surface area contributed by atoms with Gasteiger partial charge in [0.05, 0.1) is 11.9 Å². The van der Waals surface area contributed by atoms with Gasteiger partial charge in [-0.2, -0.15) is 0 Å². The van der Waals surface area contributed by atoms with E-state index in [1.54, 1.807) is 0 Å². The van der Waals surface area contributed by atoms with E-state index in [0.717, 1.165) is 51.3 Å². The zero-order chi connectivity index (χ0) is 19.9. The Kier molecular flexibility index (Phi) is 6.78. The zero-order valence-corrected chi connectivity index (χ0v) is 17.2. The lowest BCUT2D eigenvalue weighted by Crippen LogP contribution is -2.46. The molecular formula is C24H32N4O. The van der Waals surface area contributed by atoms with E-state index in [-0.39, 0.29) is 5.91 Å². The first kappa shape index (κ1) is 19.9. The molecule has 0 atom stereocenters. The highest BCUT2D eigenvalue weighted by Gasteiger charge is 2.19. The van der Waals surface area contributed by atoms with Gasteiger partial charge in [0, 0.05) is 38.8 Å². The van der Waals surface area contributed by atoms with E-state index < -0.39 is 0 Å². The molecule has 1 aromatic heterocycles. The molecule has 1 aromatic carbocycles. The number of pyridine rings is 1. The number of hydrogen-bond donors (Lipinski definition) is 1. The van der Waals surface area contributed by atoms with Gasteiger partial charge in [-0.15, -0.1) is 0 Å². The molecule has 2 fully saturated rings. The van der Waals surface area contributed by atoms with Gasteiger partial charge in [-0.25, -0.2) is 4.98 Å². The maximum Gasteiger partial charge on any atom is 0.270 e. The number of nitrogens with zero attached hydrogens (tertiary/aromatic N) is 3. The SMILES string of the molecule is O=C(NC1CCCCCC1)c1ccc(N2CCN(Cc3ccccc3)CC2)cn1. The van der Waals surface area contributed by atoms with Gasteiger partial charge in [0.1, 0.15) is 5.69 Å². The molecule has 1 amide bonds. The summed E-state index contributed by atoms with van der Waals surface area (Å²) in [5, 5.41) is 3.18. The fraction of sp³-hybridized carbons (Fsp3) is 0.500. The van der Waals surface area contributed by atoms with Gasteiger partial charge in [0.25, 0.3) is 5.91 Å². The van der Waals surface area contributed by atoms with Gasteiger partial charge in [0.15, 0.2) is 0 Å². The number of anilines is 1. The van der Waals surface area contributed by atoms with Crippen LogP contribution in [0.25, 0.3) is 0 Å². The fourth-order valence-corrected chi connectivity index (χ4v) is 4.40. The van der Waals surface area contributed by atoms with E-state index in [0.29, 0.717) is 11.7 Å². The van der Waals surface area contributed by atoms with Crippen molar-refractivity contribution in [2.24, 2.45) is 0 Å². The van der Waals surface area contributed by atoms with E-state index in [1.807, 2.05) is 18.3 Å². The lowest BCUT2D eigenvalue weighted by atomic mass is 10.1. The molecule has 0 radical (unpaired) electrons. The number of amides is 1. The Morgan fingerprint density at radius 1 is 0.931 bits per heavy atom. The van der Waals surface area contributed by atoms with Crippen molar-refractivity contribution in [1.82, 2.24) is 15.2 Å². The molecule has 5 heteroatoms. The quantitative estimate of drug-likeness (QED) is 0.785. The second kappa shape index (κ2) is 9.88. The summed E-state index contributed by atoms with van der Waals surface area (Å²) in [6, 6.07) is 14.9. The van der Waals surface area contributed by atoms with Crippen LogP contribution >= 0.6 is 0 Å². The first-order valence-corrected chi connectivity index (χ1v) is 11.1. The normalized spacial score (nSPS) is 19.0. The summed E-state index contributed by atoms with van der Waals surface area (Å²) in [6.45, 7) is 5.06. The van der Waals surface area contributed by atoms with Gasteiger partial charge in [-0.05, 0) is 30.5 Å². The lowest BCUT2D eigenvalue weighted by Gasteiger charge is -2.36. The minimum Gasteiger partial charge on any atom is -0.368 e. The Morgan fingerprint density at radius 2 is 1.66 bits per heavy atom. The van der Waals surface area contributed by atoms with Gasteiger partial charge in [0.2, 0.25) is 0 Å². The van der Waals surface area contributed by atoms with E-state index in [1.165, 1.54) is 31.2 Å². The third-order valence-corrected chi connectivity index (χ3v) is 6.16. The van der Waals surface area contributed by atoms with E-state index in [2.05, 4.69) is 50.4 Å². The monoisotopic (exact) mass is 392 g/mol. The third-order valence-electron chi connectivity index (χ3n) is 6.16. The van der Waals surface area contributed by atoms with Crippen LogP contribution in [0.3, 0.4) is 0 Å². The van der Waals surface area contributed by atoms with E-state index in [4.69, 9.17) is 0 Å². The Labute approximate surface area is 174 Å². The standard InChI is InChI=1S/C24H32N4O/c29-24(26-21-10-6-1-2-7-11-21)23-13-12-22(18-25-23)28-16-14-27(15-17-28)19-20-8-4-3-5-9-20/h3-5,8-9,12-13,18,21H,1-2,6-7,10-11,14-17,19H2,(H,26,29). The van der Waals surface area contributed by atoms with Crippen LogP contribution in [-0.2, 0) is 6.54 Å². The smallest absolute Gasteiger partial charge is 0.270 e. The van der Waals surface area contributed by atoms with Crippen LogP contribution in [0.1, 0.15) is 54.6 Å². The van der Waals surface area contributed by atoms with Gasteiger partial charge in [-0.3, -0.25) is 9.69 Å². The molecular weight excluding hydrogens is 360 g/mol. The van der Waals surface area contributed by atoms with Crippen molar-refractivity contribution in [3.8, 4) is 0 Å². The van der Waals surface area contributed by atoms with Crippen LogP contribution in [-0.4, -0.2) is 48.0 Å². The average molecular weight is 393 g/mol. The molecule has 4 rings (SSSR count). The van der Waals surface area contributed by atoms with Gasteiger partial charge in [-0.1, -0.05) is 56.0 Å². The molecule has 154 valence electrons. The Hall–Kier alpha value is -2.40. The number of piperazine rings is 1. The van der Waals surface area contributed by atoms with Gasteiger partial charge >= 0.3 is 0 Å². The molecule has 1 saturated carbocycles. The second-order valence-corrected chi connectivity index (χ2v) is 8.31. The summed E-state index contributed by atoms with van der Waals surface area (Å²) in [4.78, 5) is 21.9. The first-order valence-electron chi connectivity index (χ1n) is 11.1. The Bertz CT molecular complexity index is 761. The summed E-state index contributed by atoms with van der Waals surface area (Å²) in [5.41, 5.74) is 3.00. The van der Waals surface area contributed by atoms with Crippen molar-refractivity contribution in [1.29, 1.82) is 0 Å². The van der Waals surface area contributed by atoms with Crippen molar-refractivity contribution >= 4 is 11.6 Å². The van der Waals surface area contributed by atoms with Crippen molar-refractivity contribution in [3.63, 3.8) is 0 Å². The van der Waals surface area contributed by atoms with Crippen molar-refractivity contribution in [2.75, 3.05) is 31.1 Å². The molecule has 2 aliphatic rings. The van der Waals surface area contributed by atoms with Crippen LogP contribution in [0, 0.1) is 0 Å². The van der Waals surface area contributed by atoms with Crippen LogP contribution < -0.4 is 10.2 Å². The largest absolute Gasteiger partial charge is 0.368 e. The molecule has 1 aliphatic heterocycles. The number of carbonyl (C=O) groups is 1. The predicted octanol–water partition coefficient (Wildman–Crippen LogP) is 3.86. The molecule has 0 bridgehead atoms. The van der Waals surface area contributed by atoms with Crippen molar-refractivity contribution < 1.29 is 4.79 Å². The van der Waals surface area contributed by atoms with Crippen LogP contribution in [0.5, 0.6) is 0 Å². The topological polar surface area (TPSA) is 48.5 Å². The number of aromatic nitrogens is 1. The lowest BCUT2D eigenvalue weighted by molar-refractivity contribution is 0.0928. The molecule has 0 spiro atoms. The molecule has 5 nitrogen and oxygen atoms in total. The minimum atomic E-state index is -0.0314. The van der Waals surface area contributed by atoms with E-state index >= 15 is 0 Å². The highest BCUT2D eigenvalue weighted by atomic mass is 16.1. The summed E-state index contributed by atoms with van der Waals surface area (Å²) in [5.74, 6) is -0.0314. The average Bonchev–Trinajstić information content (AvgIpc) is 3.04. The van der Waals surface area contributed by atoms with Crippen molar-refractivity contribution in [2.45, 2.75) is 51.1 Å². The zero-order valence-electron chi connectivity index (χ0n) is 17.2. The summed E-state index contributed by atoms with van der Waals surface area (Å²) >= 11 is 0. The molecule has 0 unspecified atom stereocenters. The van der Waals surface area contributed by atoms with Crippen LogP contribution in [0.4, 0.5) is 5.69 Å². The number of rotatable bonds is 5. The highest BCUT2D eigenvalue weighted by molar-refractivity contribution is 5.92. The van der Waals surface area contributed by atoms with Crippen LogP contribution in [0.2, 0.25) is 0 Å². The minimum absolute atomic E-state index is 0.0314. The number of nitrogens with one attached hydrogen (secondary N) is 1. The molecule has 1 N–H and O–H groups in total. The Balaban J connectivity index is 1.27.